The molecule has 0 saturated carbocycles. The summed E-state index contributed by atoms with van der Waals surface area (Å²) in [4.78, 5) is 0. The topological polar surface area (TPSA) is 9.23 Å². The van der Waals surface area contributed by atoms with Crippen LogP contribution in [0, 0.1) is 0 Å². The molecule has 1 aromatic rings. The van der Waals surface area contributed by atoms with Gasteiger partial charge in [-0.05, 0) is 18.2 Å². The molecule has 0 aliphatic carbocycles. The molecule has 0 radical (unpaired) electrons. The standard InChI is InChI=1S/C9H8F3IO/c1-14-8-3-2-7(9(10,11)12)4-6(8)5-13/h2-4H,5H2,1H3. The molecule has 0 unspecified atom stereocenters. The first-order chi connectivity index (χ1) is 6.49. The largest absolute Gasteiger partial charge is 0.496 e. The minimum Gasteiger partial charge on any atom is -0.496 e. The minimum absolute atomic E-state index is 0.491. The molecule has 0 bridgehead atoms. The van der Waals surface area contributed by atoms with Gasteiger partial charge in [-0.1, -0.05) is 22.6 Å². The first-order valence-electron chi connectivity index (χ1n) is 3.79. The van der Waals surface area contributed by atoms with E-state index in [-0.39, 0.29) is 0 Å². The summed E-state index contributed by atoms with van der Waals surface area (Å²) in [6.07, 6.45) is -4.28. The Labute approximate surface area is 93.4 Å². The third kappa shape index (κ3) is 2.52. The summed E-state index contributed by atoms with van der Waals surface area (Å²) in [5.74, 6) is 0.493. The Kier molecular flexibility index (Phi) is 3.63. The molecule has 5 heteroatoms. The Morgan fingerprint density at radius 3 is 2.43 bits per heavy atom. The van der Waals surface area contributed by atoms with E-state index in [2.05, 4.69) is 0 Å². The number of halogens is 4. The van der Waals surface area contributed by atoms with Crippen molar-refractivity contribution < 1.29 is 17.9 Å². The van der Waals surface area contributed by atoms with Crippen LogP contribution in [-0.4, -0.2) is 7.11 Å². The van der Waals surface area contributed by atoms with E-state index in [0.29, 0.717) is 15.7 Å². The third-order valence-corrected chi connectivity index (χ3v) is 2.57. The summed E-state index contributed by atoms with van der Waals surface area (Å²) >= 11 is 2.00. The van der Waals surface area contributed by atoms with E-state index in [1.807, 2.05) is 22.6 Å². The van der Waals surface area contributed by atoms with Crippen molar-refractivity contribution in [1.29, 1.82) is 0 Å². The molecule has 0 spiro atoms. The first-order valence-corrected chi connectivity index (χ1v) is 5.31. The van der Waals surface area contributed by atoms with Crippen molar-refractivity contribution in [3.63, 3.8) is 0 Å². The molecule has 0 aliphatic rings. The highest BCUT2D eigenvalue weighted by Crippen LogP contribution is 2.33. The molecule has 1 rings (SSSR count). The minimum atomic E-state index is -4.28. The second kappa shape index (κ2) is 4.37. The van der Waals surface area contributed by atoms with Gasteiger partial charge in [0.25, 0.3) is 0 Å². The van der Waals surface area contributed by atoms with Crippen molar-refractivity contribution in [2.75, 3.05) is 7.11 Å². The Bertz CT molecular complexity index is 322. The molecular formula is C9H8F3IO. The molecule has 1 aromatic carbocycles. The zero-order chi connectivity index (χ0) is 10.8. The smallest absolute Gasteiger partial charge is 0.416 e. The second-order valence-electron chi connectivity index (χ2n) is 2.66. The van der Waals surface area contributed by atoms with E-state index >= 15 is 0 Å². The van der Waals surface area contributed by atoms with E-state index in [4.69, 9.17) is 4.74 Å². The number of rotatable bonds is 2. The molecule has 0 aromatic heterocycles. The van der Waals surface area contributed by atoms with E-state index in [9.17, 15) is 13.2 Å². The molecule has 0 fully saturated rings. The Balaban J connectivity index is 3.14. The fourth-order valence-electron chi connectivity index (χ4n) is 1.06. The van der Waals surface area contributed by atoms with Gasteiger partial charge in [-0.3, -0.25) is 0 Å². The van der Waals surface area contributed by atoms with Gasteiger partial charge in [-0.2, -0.15) is 13.2 Å². The number of methoxy groups -OCH3 is 1. The first kappa shape index (κ1) is 11.6. The van der Waals surface area contributed by atoms with Crippen molar-refractivity contribution in [3.8, 4) is 5.75 Å². The molecule has 0 heterocycles. The average Bonchev–Trinajstić information content (AvgIpc) is 2.15. The van der Waals surface area contributed by atoms with Crippen LogP contribution in [0.5, 0.6) is 5.75 Å². The lowest BCUT2D eigenvalue weighted by atomic mass is 10.1. The highest BCUT2D eigenvalue weighted by Gasteiger charge is 2.30. The van der Waals surface area contributed by atoms with Gasteiger partial charge in [0.2, 0.25) is 0 Å². The maximum absolute atomic E-state index is 12.3. The van der Waals surface area contributed by atoms with Gasteiger partial charge >= 0.3 is 6.18 Å². The number of hydrogen-bond donors (Lipinski definition) is 0. The Hall–Kier alpha value is -0.460. The number of benzene rings is 1. The second-order valence-corrected chi connectivity index (χ2v) is 3.42. The van der Waals surface area contributed by atoms with Crippen molar-refractivity contribution >= 4 is 22.6 Å². The number of ether oxygens (including phenoxy) is 1. The maximum atomic E-state index is 12.3. The zero-order valence-corrected chi connectivity index (χ0v) is 9.52. The SMILES string of the molecule is COc1ccc(C(F)(F)F)cc1CI. The van der Waals surface area contributed by atoms with Crippen molar-refractivity contribution in [1.82, 2.24) is 0 Å². The fourth-order valence-corrected chi connectivity index (χ4v) is 1.66. The predicted octanol–water partition coefficient (Wildman–Crippen LogP) is 3.65. The van der Waals surface area contributed by atoms with Crippen LogP contribution in [0.15, 0.2) is 18.2 Å². The Morgan fingerprint density at radius 1 is 1.36 bits per heavy atom. The van der Waals surface area contributed by atoms with E-state index < -0.39 is 11.7 Å². The van der Waals surface area contributed by atoms with E-state index in [0.717, 1.165) is 12.1 Å². The summed E-state index contributed by atoms with van der Waals surface area (Å²) in [7, 11) is 1.44. The molecule has 0 saturated heterocycles. The van der Waals surface area contributed by atoms with Crippen LogP contribution in [0.2, 0.25) is 0 Å². The lowest BCUT2D eigenvalue weighted by Gasteiger charge is -2.10. The molecule has 0 N–H and O–H groups in total. The molecule has 0 amide bonds. The predicted molar refractivity (Wildman–Crippen MR) is 55.7 cm³/mol. The van der Waals surface area contributed by atoms with Crippen molar-refractivity contribution in [2.24, 2.45) is 0 Å². The maximum Gasteiger partial charge on any atom is 0.416 e. The molecule has 14 heavy (non-hydrogen) atoms. The summed E-state index contributed by atoms with van der Waals surface area (Å²) in [6, 6.07) is 3.48. The number of hydrogen-bond acceptors (Lipinski definition) is 1. The van der Waals surface area contributed by atoms with Gasteiger partial charge in [0.1, 0.15) is 5.75 Å². The van der Waals surface area contributed by atoms with Gasteiger partial charge in [0, 0.05) is 9.99 Å². The molecule has 1 nitrogen and oxygen atoms in total. The summed E-state index contributed by atoms with van der Waals surface area (Å²) in [5, 5.41) is 0. The van der Waals surface area contributed by atoms with Crippen LogP contribution in [0.25, 0.3) is 0 Å². The van der Waals surface area contributed by atoms with Crippen LogP contribution in [-0.2, 0) is 10.6 Å². The third-order valence-electron chi connectivity index (χ3n) is 1.75. The summed E-state index contributed by atoms with van der Waals surface area (Å²) < 4.78 is 42.3. The van der Waals surface area contributed by atoms with Crippen molar-refractivity contribution in [3.05, 3.63) is 29.3 Å². The van der Waals surface area contributed by atoms with Gasteiger partial charge in [-0.15, -0.1) is 0 Å². The normalized spacial score (nSPS) is 11.5. The van der Waals surface area contributed by atoms with Crippen LogP contribution in [0.1, 0.15) is 11.1 Å². The van der Waals surface area contributed by atoms with Gasteiger partial charge in [0.05, 0.1) is 12.7 Å². The average molecular weight is 316 g/mol. The summed E-state index contributed by atoms with van der Waals surface area (Å²) in [6.45, 7) is 0. The monoisotopic (exact) mass is 316 g/mol. The lowest BCUT2D eigenvalue weighted by molar-refractivity contribution is -0.137. The van der Waals surface area contributed by atoms with Gasteiger partial charge in [0.15, 0.2) is 0 Å². The molecule has 0 aliphatic heterocycles. The molecule has 78 valence electrons. The Morgan fingerprint density at radius 2 is 2.00 bits per heavy atom. The highest BCUT2D eigenvalue weighted by atomic mass is 127. The van der Waals surface area contributed by atoms with Crippen LogP contribution >= 0.6 is 22.6 Å². The zero-order valence-electron chi connectivity index (χ0n) is 7.36. The van der Waals surface area contributed by atoms with E-state index in [1.165, 1.54) is 13.2 Å². The van der Waals surface area contributed by atoms with Gasteiger partial charge in [-0.25, -0.2) is 0 Å². The summed E-state index contributed by atoms with van der Waals surface area (Å²) in [5.41, 5.74) is -0.0760. The van der Waals surface area contributed by atoms with Crippen LogP contribution in [0.3, 0.4) is 0 Å². The fraction of sp³-hybridized carbons (Fsp3) is 0.333. The number of alkyl halides is 4. The molecular weight excluding hydrogens is 308 g/mol. The van der Waals surface area contributed by atoms with Crippen molar-refractivity contribution in [2.45, 2.75) is 10.6 Å². The molecule has 0 atom stereocenters. The van der Waals surface area contributed by atoms with E-state index in [1.54, 1.807) is 0 Å². The quantitative estimate of drug-likeness (QED) is 0.598. The van der Waals surface area contributed by atoms with Gasteiger partial charge < -0.3 is 4.74 Å². The van der Waals surface area contributed by atoms with Crippen LogP contribution in [0.4, 0.5) is 13.2 Å². The lowest BCUT2D eigenvalue weighted by Crippen LogP contribution is -2.05. The highest BCUT2D eigenvalue weighted by molar-refractivity contribution is 14.1. The van der Waals surface area contributed by atoms with Crippen LogP contribution < -0.4 is 4.74 Å².